The van der Waals surface area contributed by atoms with E-state index in [4.69, 9.17) is 0 Å². The van der Waals surface area contributed by atoms with Crippen LogP contribution < -0.4 is 0 Å². The van der Waals surface area contributed by atoms with Gasteiger partial charge in [0.05, 0.1) is 0 Å². The second kappa shape index (κ2) is 5.01. The second-order valence-electron chi connectivity index (χ2n) is 2.38. The molecule has 0 heterocycles. The fourth-order valence-electron chi connectivity index (χ4n) is 0.977. The summed E-state index contributed by atoms with van der Waals surface area (Å²) < 4.78 is 3.59. The van der Waals surface area contributed by atoms with E-state index in [1.807, 2.05) is 12.2 Å². The monoisotopic (exact) mass is 251 g/mol. The normalized spacial score (nSPS) is 15.1. The van der Waals surface area contributed by atoms with Gasteiger partial charge in [0.25, 0.3) is 0 Å². The van der Waals surface area contributed by atoms with Crippen LogP contribution in [0.15, 0.2) is 24.3 Å². The molecule has 0 aromatic heterocycles. The summed E-state index contributed by atoms with van der Waals surface area (Å²) in [4.78, 5) is 20.4. The third-order valence-electron chi connectivity index (χ3n) is 1.61. The topological polar surface area (TPSA) is 34.1 Å². The molecule has 1 rings (SSSR count). The van der Waals surface area contributed by atoms with E-state index in [-0.39, 0.29) is 0 Å². The van der Waals surface area contributed by atoms with Gasteiger partial charge >= 0.3 is 75.2 Å². The van der Waals surface area contributed by atoms with Gasteiger partial charge in [0, 0.05) is 0 Å². The molecule has 65 valence electrons. The Balaban J connectivity index is 2.45. The summed E-state index contributed by atoms with van der Waals surface area (Å²) in [6.07, 6.45) is 8.99. The molecule has 0 radical (unpaired) electrons. The van der Waals surface area contributed by atoms with Gasteiger partial charge in [0.15, 0.2) is 0 Å². The summed E-state index contributed by atoms with van der Waals surface area (Å²) in [6, 6.07) is 0. The molecule has 0 N–H and O–H groups in total. The molecule has 1 aliphatic carbocycles. The zero-order chi connectivity index (χ0) is 8.81. The van der Waals surface area contributed by atoms with Crippen molar-refractivity contribution in [3.8, 4) is 0 Å². The Kier molecular flexibility index (Phi) is 3.90. The van der Waals surface area contributed by atoms with Crippen LogP contribution in [0, 0.1) is 5.92 Å². The minimum atomic E-state index is -1.97. The molecule has 0 aromatic rings. The van der Waals surface area contributed by atoms with Crippen LogP contribution in [0.5, 0.6) is 0 Å². The zero-order valence-corrected chi connectivity index (χ0v) is 8.21. The molecule has 12 heavy (non-hydrogen) atoms. The van der Waals surface area contributed by atoms with Crippen LogP contribution in [0.1, 0.15) is 6.42 Å². The maximum absolute atomic E-state index is 10.2. The fraction of sp³-hybridized carbons (Fsp3) is 0.333. The van der Waals surface area contributed by atoms with E-state index < -0.39 is 15.0 Å². The predicted octanol–water partition coefficient (Wildman–Crippen LogP) is 1.29. The molecule has 0 fully saturated rings. The van der Waals surface area contributed by atoms with Crippen LogP contribution in [0.25, 0.3) is 0 Å². The standard InChI is InChI=1S/C7H9.2CO.Ru/c1-2-7-5-3-4-6-7;2*1-2;/h3-7H,1-2H2;;;. The first kappa shape index (κ1) is 9.35. The molecule has 0 unspecified atom stereocenters. The van der Waals surface area contributed by atoms with Gasteiger partial charge in [0.2, 0.25) is 0 Å². The van der Waals surface area contributed by atoms with Crippen molar-refractivity contribution in [1.29, 1.82) is 0 Å². The quantitative estimate of drug-likeness (QED) is 0.707. The van der Waals surface area contributed by atoms with Crippen molar-refractivity contribution in [2.45, 2.75) is 11.4 Å². The average Bonchev–Trinajstić information content (AvgIpc) is 2.59. The third kappa shape index (κ3) is 2.72. The summed E-state index contributed by atoms with van der Waals surface area (Å²) in [5.41, 5.74) is 0. The molecule has 2 nitrogen and oxygen atoms in total. The molecular weight excluding hydrogens is 241 g/mol. The number of hydrogen-bond donors (Lipinski definition) is 0. The molecule has 1 aliphatic rings. The van der Waals surface area contributed by atoms with E-state index in [2.05, 4.69) is 12.2 Å². The van der Waals surface area contributed by atoms with Crippen LogP contribution in [-0.2, 0) is 24.6 Å². The zero-order valence-electron chi connectivity index (χ0n) is 6.47. The molecule has 0 atom stereocenters. The molecule has 0 spiro atoms. The molecule has 0 aliphatic heterocycles. The van der Waals surface area contributed by atoms with Gasteiger partial charge in [-0.2, -0.15) is 0 Å². The van der Waals surface area contributed by atoms with Crippen LogP contribution in [0.3, 0.4) is 0 Å². The molecule has 0 aromatic carbocycles. The molecule has 0 saturated carbocycles. The van der Waals surface area contributed by atoms with E-state index in [1.54, 1.807) is 8.95 Å². The van der Waals surface area contributed by atoms with E-state index in [0.29, 0.717) is 10.9 Å². The van der Waals surface area contributed by atoms with Crippen LogP contribution in [0.4, 0.5) is 0 Å². The van der Waals surface area contributed by atoms with Crippen molar-refractivity contribution >= 4 is 8.95 Å². The minimum absolute atomic E-state index is 0.419. The average molecular weight is 250 g/mol. The van der Waals surface area contributed by atoms with Crippen molar-refractivity contribution in [1.82, 2.24) is 0 Å². The molecule has 0 amide bonds. The Labute approximate surface area is 75.5 Å². The van der Waals surface area contributed by atoms with E-state index in [1.165, 1.54) is 0 Å². The Morgan fingerprint density at radius 3 is 2.25 bits per heavy atom. The number of allylic oxidation sites excluding steroid dienone is 4. The SMILES string of the molecule is O=[C]=[Ru](=[C]=O)[CH2]CC1C=CC=C1. The molecule has 3 heteroatoms. The summed E-state index contributed by atoms with van der Waals surface area (Å²) in [6.45, 7) is 0. The van der Waals surface area contributed by atoms with Gasteiger partial charge in [-0.25, -0.2) is 0 Å². The fourth-order valence-corrected chi connectivity index (χ4v) is 2.49. The first-order valence-corrected chi connectivity index (χ1v) is 6.55. The first-order chi connectivity index (χ1) is 5.86. The van der Waals surface area contributed by atoms with Crippen molar-refractivity contribution in [3.05, 3.63) is 24.3 Å². The van der Waals surface area contributed by atoms with Crippen molar-refractivity contribution in [2.24, 2.45) is 5.92 Å². The molecule has 0 bridgehead atoms. The Morgan fingerprint density at radius 1 is 1.17 bits per heavy atom. The molecular formula is C9H9O2Ru. The maximum atomic E-state index is 10.2. The van der Waals surface area contributed by atoms with Gasteiger partial charge in [-0.05, 0) is 0 Å². The van der Waals surface area contributed by atoms with E-state index >= 15 is 0 Å². The van der Waals surface area contributed by atoms with Crippen LogP contribution >= 0.6 is 0 Å². The second-order valence-corrected chi connectivity index (χ2v) is 5.62. The summed E-state index contributed by atoms with van der Waals surface area (Å²) in [7, 11) is 0. The van der Waals surface area contributed by atoms with E-state index in [9.17, 15) is 9.59 Å². The summed E-state index contributed by atoms with van der Waals surface area (Å²) >= 11 is -1.97. The number of hydrogen-bond acceptors (Lipinski definition) is 2. The number of rotatable bonds is 3. The van der Waals surface area contributed by atoms with Crippen molar-refractivity contribution in [3.63, 3.8) is 0 Å². The van der Waals surface area contributed by atoms with Gasteiger partial charge in [-0.15, -0.1) is 0 Å². The Hall–Kier alpha value is -0.737. The summed E-state index contributed by atoms with van der Waals surface area (Å²) in [5, 5.41) is 0.691. The Bertz CT molecular complexity index is 308. The van der Waals surface area contributed by atoms with Crippen LogP contribution in [-0.4, -0.2) is 8.95 Å². The first-order valence-electron chi connectivity index (χ1n) is 3.59. The number of carbonyl (C=O) groups excluding carboxylic acids is 2. The van der Waals surface area contributed by atoms with Crippen molar-refractivity contribution < 1.29 is 24.6 Å². The van der Waals surface area contributed by atoms with Gasteiger partial charge in [0.1, 0.15) is 0 Å². The van der Waals surface area contributed by atoms with Gasteiger partial charge in [-0.3, -0.25) is 0 Å². The Morgan fingerprint density at radius 2 is 1.75 bits per heavy atom. The summed E-state index contributed by atoms with van der Waals surface area (Å²) in [5.74, 6) is 0.419. The van der Waals surface area contributed by atoms with Crippen LogP contribution in [0.2, 0.25) is 5.02 Å². The van der Waals surface area contributed by atoms with Crippen molar-refractivity contribution in [2.75, 3.05) is 0 Å². The molecule has 0 saturated heterocycles. The van der Waals surface area contributed by atoms with Gasteiger partial charge in [-0.1, -0.05) is 0 Å². The van der Waals surface area contributed by atoms with E-state index in [0.717, 1.165) is 6.42 Å². The predicted molar refractivity (Wildman–Crippen MR) is 42.6 cm³/mol. The third-order valence-corrected chi connectivity index (χ3v) is 3.84. The van der Waals surface area contributed by atoms with Gasteiger partial charge < -0.3 is 0 Å².